The van der Waals surface area contributed by atoms with Crippen LogP contribution in [-0.2, 0) is 4.79 Å². The first-order chi connectivity index (χ1) is 12.2. The van der Waals surface area contributed by atoms with Crippen molar-refractivity contribution in [2.75, 3.05) is 37.7 Å². The van der Waals surface area contributed by atoms with Crippen molar-refractivity contribution in [2.24, 2.45) is 0 Å². The first-order valence-corrected chi connectivity index (χ1v) is 8.46. The normalized spacial score (nSPS) is 14.1. The predicted octanol–water partition coefficient (Wildman–Crippen LogP) is 2.94. The van der Waals surface area contributed by atoms with Crippen LogP contribution in [0.1, 0.15) is 5.56 Å². The van der Waals surface area contributed by atoms with Crippen molar-refractivity contribution in [1.82, 2.24) is 4.90 Å². The van der Waals surface area contributed by atoms with Gasteiger partial charge in [-0.05, 0) is 24.3 Å². The zero-order chi connectivity index (χ0) is 17.6. The molecule has 128 valence electrons. The molecule has 2 aromatic carbocycles. The summed E-state index contributed by atoms with van der Waals surface area (Å²) in [6, 6.07) is 16.7. The molecule has 1 heterocycles. The van der Waals surface area contributed by atoms with Gasteiger partial charge in [-0.3, -0.25) is 4.79 Å². The molecule has 1 aliphatic heterocycles. The Morgan fingerprint density at radius 2 is 1.76 bits per heavy atom. The molecule has 1 saturated heterocycles. The number of halogens is 1. The number of para-hydroxylation sites is 2. The highest BCUT2D eigenvalue weighted by molar-refractivity contribution is 6.33. The van der Waals surface area contributed by atoms with E-state index in [1.807, 2.05) is 24.3 Å². The minimum absolute atomic E-state index is 0.0647. The minimum Gasteiger partial charge on any atom is -0.482 e. The van der Waals surface area contributed by atoms with Gasteiger partial charge in [-0.15, -0.1) is 0 Å². The Morgan fingerprint density at radius 3 is 2.48 bits per heavy atom. The molecule has 0 aliphatic carbocycles. The van der Waals surface area contributed by atoms with E-state index in [1.54, 1.807) is 29.2 Å². The van der Waals surface area contributed by atoms with Gasteiger partial charge in [0.25, 0.3) is 5.91 Å². The van der Waals surface area contributed by atoms with Gasteiger partial charge in [0.1, 0.15) is 11.8 Å². The quantitative estimate of drug-likeness (QED) is 0.846. The van der Waals surface area contributed by atoms with Crippen molar-refractivity contribution in [3.05, 3.63) is 59.1 Å². The highest BCUT2D eigenvalue weighted by Crippen LogP contribution is 2.26. The maximum Gasteiger partial charge on any atom is 0.260 e. The van der Waals surface area contributed by atoms with Crippen LogP contribution in [0.25, 0.3) is 0 Å². The molecule has 0 spiro atoms. The Balaban J connectivity index is 1.54. The first-order valence-electron chi connectivity index (χ1n) is 8.08. The fourth-order valence-electron chi connectivity index (χ4n) is 2.82. The summed E-state index contributed by atoms with van der Waals surface area (Å²) in [5, 5.41) is 9.77. The second-order valence-electron chi connectivity index (χ2n) is 5.72. The van der Waals surface area contributed by atoms with Crippen LogP contribution in [-0.4, -0.2) is 43.6 Å². The lowest BCUT2D eigenvalue weighted by Gasteiger charge is -2.36. The van der Waals surface area contributed by atoms with E-state index in [9.17, 15) is 4.79 Å². The molecule has 1 amide bonds. The largest absolute Gasteiger partial charge is 0.482 e. The standard InChI is InChI=1S/C19H18ClN3O2/c20-16-6-2-3-7-17(16)22-9-11-23(12-10-22)19(24)14-25-18-8-4-1-5-15(18)13-21/h1-8H,9-12,14H2. The lowest BCUT2D eigenvalue weighted by atomic mass is 10.2. The number of piperazine rings is 1. The lowest BCUT2D eigenvalue weighted by molar-refractivity contribution is -0.133. The van der Waals surface area contributed by atoms with Crippen LogP contribution in [0.4, 0.5) is 5.69 Å². The molecule has 2 aromatic rings. The summed E-state index contributed by atoms with van der Waals surface area (Å²) >= 11 is 6.23. The van der Waals surface area contributed by atoms with Gasteiger partial charge in [0, 0.05) is 26.2 Å². The number of hydrogen-bond donors (Lipinski definition) is 0. The molecule has 3 rings (SSSR count). The van der Waals surface area contributed by atoms with E-state index in [0.29, 0.717) is 24.4 Å². The van der Waals surface area contributed by atoms with Crippen molar-refractivity contribution in [1.29, 1.82) is 5.26 Å². The molecule has 0 aromatic heterocycles. The number of carbonyl (C=O) groups is 1. The molecule has 0 saturated carbocycles. The van der Waals surface area contributed by atoms with Crippen molar-refractivity contribution in [2.45, 2.75) is 0 Å². The molecular formula is C19H18ClN3O2. The maximum absolute atomic E-state index is 12.4. The van der Waals surface area contributed by atoms with E-state index in [2.05, 4.69) is 11.0 Å². The molecule has 0 radical (unpaired) electrons. The van der Waals surface area contributed by atoms with E-state index in [-0.39, 0.29) is 12.5 Å². The van der Waals surface area contributed by atoms with Gasteiger partial charge < -0.3 is 14.5 Å². The molecule has 1 aliphatic rings. The van der Waals surface area contributed by atoms with Gasteiger partial charge in [-0.2, -0.15) is 5.26 Å². The smallest absolute Gasteiger partial charge is 0.260 e. The fourth-order valence-corrected chi connectivity index (χ4v) is 3.08. The van der Waals surface area contributed by atoms with Crippen LogP contribution < -0.4 is 9.64 Å². The maximum atomic E-state index is 12.4. The van der Waals surface area contributed by atoms with Crippen molar-refractivity contribution < 1.29 is 9.53 Å². The second kappa shape index (κ2) is 7.91. The van der Waals surface area contributed by atoms with Crippen LogP contribution in [0.15, 0.2) is 48.5 Å². The summed E-state index contributed by atoms with van der Waals surface area (Å²) in [4.78, 5) is 16.3. The highest BCUT2D eigenvalue weighted by atomic mass is 35.5. The predicted molar refractivity (Wildman–Crippen MR) is 96.9 cm³/mol. The fraction of sp³-hybridized carbons (Fsp3) is 0.263. The highest BCUT2D eigenvalue weighted by Gasteiger charge is 2.22. The van der Waals surface area contributed by atoms with Gasteiger partial charge in [0.05, 0.1) is 16.3 Å². The Kier molecular flexibility index (Phi) is 5.42. The second-order valence-corrected chi connectivity index (χ2v) is 6.12. The molecule has 0 atom stereocenters. The summed E-state index contributed by atoms with van der Waals surface area (Å²) in [6.45, 7) is 2.62. The van der Waals surface area contributed by atoms with Gasteiger partial charge in [-0.25, -0.2) is 0 Å². The third-order valence-electron chi connectivity index (χ3n) is 4.18. The molecule has 1 fully saturated rings. The number of carbonyl (C=O) groups excluding carboxylic acids is 1. The van der Waals surface area contributed by atoms with Crippen LogP contribution in [0.2, 0.25) is 5.02 Å². The number of hydrogen-bond acceptors (Lipinski definition) is 4. The molecule has 5 nitrogen and oxygen atoms in total. The van der Waals surface area contributed by atoms with E-state index < -0.39 is 0 Å². The van der Waals surface area contributed by atoms with Gasteiger partial charge >= 0.3 is 0 Å². The van der Waals surface area contributed by atoms with Crippen LogP contribution in [0, 0.1) is 11.3 Å². The summed E-state index contributed by atoms with van der Waals surface area (Å²) in [5.74, 6) is 0.361. The Hall–Kier alpha value is -2.71. The van der Waals surface area contributed by atoms with E-state index in [4.69, 9.17) is 21.6 Å². The van der Waals surface area contributed by atoms with Crippen LogP contribution >= 0.6 is 11.6 Å². The zero-order valence-corrected chi connectivity index (χ0v) is 14.4. The van der Waals surface area contributed by atoms with Crippen molar-refractivity contribution in [3.8, 4) is 11.8 Å². The van der Waals surface area contributed by atoms with E-state index in [1.165, 1.54) is 0 Å². The average molecular weight is 356 g/mol. The minimum atomic E-state index is -0.0773. The van der Waals surface area contributed by atoms with Gasteiger partial charge in [0.2, 0.25) is 0 Å². The zero-order valence-electron chi connectivity index (χ0n) is 13.7. The molecule has 25 heavy (non-hydrogen) atoms. The molecular weight excluding hydrogens is 338 g/mol. The SMILES string of the molecule is N#Cc1ccccc1OCC(=O)N1CCN(c2ccccc2Cl)CC1. The topological polar surface area (TPSA) is 56.6 Å². The summed E-state index contributed by atoms with van der Waals surface area (Å²) < 4.78 is 5.53. The summed E-state index contributed by atoms with van der Waals surface area (Å²) in [5.41, 5.74) is 1.43. The first kappa shape index (κ1) is 17.1. The number of nitrogens with zero attached hydrogens (tertiary/aromatic N) is 3. The Labute approximate surface area is 152 Å². The summed E-state index contributed by atoms with van der Waals surface area (Å²) in [6.07, 6.45) is 0. The summed E-state index contributed by atoms with van der Waals surface area (Å²) in [7, 11) is 0. The Bertz CT molecular complexity index is 795. The van der Waals surface area contributed by atoms with Crippen molar-refractivity contribution >= 4 is 23.2 Å². The van der Waals surface area contributed by atoms with Gasteiger partial charge in [-0.1, -0.05) is 35.9 Å². The Morgan fingerprint density at radius 1 is 1.08 bits per heavy atom. The number of ether oxygens (including phenoxy) is 1. The van der Waals surface area contributed by atoms with Crippen molar-refractivity contribution in [3.63, 3.8) is 0 Å². The lowest BCUT2D eigenvalue weighted by Crippen LogP contribution is -2.50. The van der Waals surface area contributed by atoms with E-state index in [0.717, 1.165) is 23.8 Å². The molecule has 0 bridgehead atoms. The number of benzene rings is 2. The number of amides is 1. The number of rotatable bonds is 4. The number of nitriles is 1. The molecule has 6 heteroatoms. The van der Waals surface area contributed by atoms with Crippen LogP contribution in [0.3, 0.4) is 0 Å². The van der Waals surface area contributed by atoms with Crippen LogP contribution in [0.5, 0.6) is 5.75 Å². The third-order valence-corrected chi connectivity index (χ3v) is 4.50. The van der Waals surface area contributed by atoms with Gasteiger partial charge in [0.15, 0.2) is 6.61 Å². The molecule has 0 unspecified atom stereocenters. The third kappa shape index (κ3) is 4.04. The van der Waals surface area contributed by atoms with E-state index >= 15 is 0 Å². The average Bonchev–Trinajstić information content (AvgIpc) is 2.67. The monoisotopic (exact) mass is 355 g/mol. The number of anilines is 1. The molecule has 0 N–H and O–H groups in total.